The van der Waals surface area contributed by atoms with Crippen LogP contribution in [0.25, 0.3) is 0 Å². The number of hydrogen-bond donors (Lipinski definition) is 1. The first kappa shape index (κ1) is 16.8. The highest BCUT2D eigenvalue weighted by molar-refractivity contribution is 6.31. The molecule has 1 saturated carbocycles. The zero-order valence-electron chi connectivity index (χ0n) is 13.2. The first-order valence-corrected chi connectivity index (χ1v) is 8.66. The molecule has 1 aromatic carbocycles. The first-order valence-electron chi connectivity index (χ1n) is 8.28. The number of nitrogens with one attached hydrogen (secondary N) is 1. The molecule has 0 spiro atoms. The fourth-order valence-corrected chi connectivity index (χ4v) is 3.82. The molecule has 118 valence electrons. The van der Waals surface area contributed by atoms with Crippen LogP contribution in [0.2, 0.25) is 5.02 Å². The molecule has 2 rings (SSSR count). The van der Waals surface area contributed by atoms with Gasteiger partial charge in [-0.05, 0) is 73.9 Å². The Morgan fingerprint density at radius 1 is 1.24 bits per heavy atom. The fraction of sp³-hybridized carbons (Fsp3) is 0.667. The van der Waals surface area contributed by atoms with Crippen molar-refractivity contribution >= 4 is 11.6 Å². The van der Waals surface area contributed by atoms with Crippen molar-refractivity contribution in [3.8, 4) is 0 Å². The van der Waals surface area contributed by atoms with Crippen molar-refractivity contribution in [2.45, 2.75) is 46.0 Å². The lowest BCUT2D eigenvalue weighted by Gasteiger charge is -2.36. The van der Waals surface area contributed by atoms with E-state index in [2.05, 4.69) is 19.2 Å². The number of rotatable bonds is 6. The lowest BCUT2D eigenvalue weighted by molar-refractivity contribution is 0.172. The zero-order valence-corrected chi connectivity index (χ0v) is 13.9. The van der Waals surface area contributed by atoms with Crippen LogP contribution in [0.5, 0.6) is 0 Å². The van der Waals surface area contributed by atoms with Crippen molar-refractivity contribution in [3.05, 3.63) is 34.6 Å². The molecule has 0 heterocycles. The summed E-state index contributed by atoms with van der Waals surface area (Å²) in [6.07, 6.45) is 6.02. The van der Waals surface area contributed by atoms with Crippen LogP contribution in [0, 0.1) is 23.6 Å². The van der Waals surface area contributed by atoms with Crippen molar-refractivity contribution in [2.24, 2.45) is 17.8 Å². The lowest BCUT2D eigenvalue weighted by Crippen LogP contribution is -2.34. The monoisotopic (exact) mass is 311 g/mol. The Bertz CT molecular complexity index is 449. The summed E-state index contributed by atoms with van der Waals surface area (Å²) >= 11 is 6.26. The second-order valence-corrected chi connectivity index (χ2v) is 6.76. The topological polar surface area (TPSA) is 12.0 Å². The van der Waals surface area contributed by atoms with E-state index in [0.29, 0.717) is 16.9 Å². The van der Waals surface area contributed by atoms with Gasteiger partial charge < -0.3 is 5.32 Å². The summed E-state index contributed by atoms with van der Waals surface area (Å²) in [6.45, 7) is 6.52. The van der Waals surface area contributed by atoms with Crippen molar-refractivity contribution < 1.29 is 4.39 Å². The SMILES string of the molecule is CCNCC1CCC(CC)CC1Cc1cc(F)ccc1Cl. The van der Waals surface area contributed by atoms with E-state index in [-0.39, 0.29) is 5.82 Å². The standard InChI is InChI=1S/C18H27ClFN/c1-3-13-5-6-14(12-21-4-2)15(9-13)10-16-11-17(20)7-8-18(16)19/h7-8,11,13-15,21H,3-6,9-10,12H2,1-2H3. The maximum absolute atomic E-state index is 13.5. The lowest BCUT2D eigenvalue weighted by atomic mass is 9.71. The van der Waals surface area contributed by atoms with E-state index in [0.717, 1.165) is 31.0 Å². The van der Waals surface area contributed by atoms with Crippen molar-refractivity contribution in [1.82, 2.24) is 5.32 Å². The molecule has 1 aromatic rings. The normalized spacial score (nSPS) is 26.0. The van der Waals surface area contributed by atoms with Crippen molar-refractivity contribution in [3.63, 3.8) is 0 Å². The average Bonchev–Trinajstić information content (AvgIpc) is 2.49. The second kappa shape index (κ2) is 8.14. The molecule has 1 fully saturated rings. The molecule has 0 saturated heterocycles. The molecule has 0 aliphatic heterocycles. The van der Waals surface area contributed by atoms with E-state index in [4.69, 9.17) is 11.6 Å². The average molecular weight is 312 g/mol. The van der Waals surface area contributed by atoms with Gasteiger partial charge in [-0.15, -0.1) is 0 Å². The third kappa shape index (κ3) is 4.69. The molecule has 1 aliphatic rings. The Balaban J connectivity index is 2.09. The Hall–Kier alpha value is -0.600. The molecule has 3 heteroatoms. The largest absolute Gasteiger partial charge is 0.317 e. The zero-order chi connectivity index (χ0) is 15.2. The van der Waals surface area contributed by atoms with E-state index >= 15 is 0 Å². The molecule has 0 aromatic heterocycles. The van der Waals surface area contributed by atoms with Gasteiger partial charge in [0, 0.05) is 5.02 Å². The molecule has 1 nitrogen and oxygen atoms in total. The summed E-state index contributed by atoms with van der Waals surface area (Å²) < 4.78 is 13.5. The van der Waals surface area contributed by atoms with E-state index in [1.807, 2.05) is 0 Å². The maximum atomic E-state index is 13.5. The summed E-state index contributed by atoms with van der Waals surface area (Å²) in [7, 11) is 0. The molecular formula is C18H27ClFN. The predicted octanol–water partition coefficient (Wildman–Crippen LogP) is 5.07. The Labute approximate surface area is 133 Å². The number of halogens is 2. The van der Waals surface area contributed by atoms with Crippen LogP contribution < -0.4 is 5.32 Å². The second-order valence-electron chi connectivity index (χ2n) is 6.36. The van der Waals surface area contributed by atoms with Crippen LogP contribution in [0.4, 0.5) is 4.39 Å². The van der Waals surface area contributed by atoms with Crippen LogP contribution in [0.1, 0.15) is 45.1 Å². The van der Waals surface area contributed by atoms with Gasteiger partial charge in [0.1, 0.15) is 5.82 Å². The maximum Gasteiger partial charge on any atom is 0.123 e. The van der Waals surface area contributed by atoms with Crippen LogP contribution in [0.3, 0.4) is 0 Å². The third-order valence-electron chi connectivity index (χ3n) is 4.97. The van der Waals surface area contributed by atoms with Gasteiger partial charge in [-0.2, -0.15) is 0 Å². The summed E-state index contributed by atoms with van der Waals surface area (Å²) in [5.74, 6) is 1.94. The van der Waals surface area contributed by atoms with E-state index < -0.39 is 0 Å². The molecule has 21 heavy (non-hydrogen) atoms. The molecule has 1 N–H and O–H groups in total. The number of hydrogen-bond acceptors (Lipinski definition) is 1. The van der Waals surface area contributed by atoms with Gasteiger partial charge in [-0.3, -0.25) is 0 Å². The minimum atomic E-state index is -0.180. The molecule has 1 aliphatic carbocycles. The van der Waals surface area contributed by atoms with Crippen LogP contribution in [-0.2, 0) is 6.42 Å². The van der Waals surface area contributed by atoms with Crippen LogP contribution >= 0.6 is 11.6 Å². The molecule has 0 amide bonds. The quantitative estimate of drug-likeness (QED) is 0.773. The highest BCUT2D eigenvalue weighted by Gasteiger charge is 2.30. The molecule has 3 unspecified atom stereocenters. The Kier molecular flexibility index (Phi) is 6.50. The Morgan fingerprint density at radius 2 is 2.05 bits per heavy atom. The van der Waals surface area contributed by atoms with E-state index in [1.165, 1.54) is 31.7 Å². The van der Waals surface area contributed by atoms with Gasteiger partial charge in [-0.1, -0.05) is 38.3 Å². The van der Waals surface area contributed by atoms with Crippen molar-refractivity contribution in [1.29, 1.82) is 0 Å². The molecule has 0 bridgehead atoms. The van der Waals surface area contributed by atoms with Crippen LogP contribution in [0.15, 0.2) is 18.2 Å². The highest BCUT2D eigenvalue weighted by Crippen LogP contribution is 2.38. The fourth-order valence-electron chi connectivity index (χ4n) is 3.63. The minimum Gasteiger partial charge on any atom is -0.317 e. The number of benzene rings is 1. The van der Waals surface area contributed by atoms with Gasteiger partial charge in [0.15, 0.2) is 0 Å². The van der Waals surface area contributed by atoms with Gasteiger partial charge in [0.25, 0.3) is 0 Å². The predicted molar refractivity (Wildman–Crippen MR) is 88.3 cm³/mol. The summed E-state index contributed by atoms with van der Waals surface area (Å²) in [5.41, 5.74) is 0.972. The highest BCUT2D eigenvalue weighted by atomic mass is 35.5. The van der Waals surface area contributed by atoms with Gasteiger partial charge in [-0.25, -0.2) is 4.39 Å². The summed E-state index contributed by atoms with van der Waals surface area (Å²) in [4.78, 5) is 0. The van der Waals surface area contributed by atoms with Gasteiger partial charge >= 0.3 is 0 Å². The summed E-state index contributed by atoms with van der Waals surface area (Å²) in [5, 5.41) is 4.19. The van der Waals surface area contributed by atoms with E-state index in [9.17, 15) is 4.39 Å². The first-order chi connectivity index (χ1) is 10.1. The van der Waals surface area contributed by atoms with Crippen molar-refractivity contribution in [2.75, 3.05) is 13.1 Å². The minimum absolute atomic E-state index is 0.180. The molecular weight excluding hydrogens is 285 g/mol. The van der Waals surface area contributed by atoms with Gasteiger partial charge in [0.05, 0.1) is 0 Å². The van der Waals surface area contributed by atoms with E-state index in [1.54, 1.807) is 12.1 Å². The van der Waals surface area contributed by atoms with Crippen LogP contribution in [-0.4, -0.2) is 13.1 Å². The smallest absolute Gasteiger partial charge is 0.123 e. The molecule has 3 atom stereocenters. The summed E-state index contributed by atoms with van der Waals surface area (Å²) in [6, 6.07) is 4.74. The Morgan fingerprint density at radius 3 is 2.76 bits per heavy atom. The third-order valence-corrected chi connectivity index (χ3v) is 5.34. The van der Waals surface area contributed by atoms with Gasteiger partial charge in [0.2, 0.25) is 0 Å². The molecule has 0 radical (unpaired) electrons.